The summed E-state index contributed by atoms with van der Waals surface area (Å²) < 4.78 is 6.95. The van der Waals surface area contributed by atoms with E-state index >= 15 is 0 Å². The number of hydrogen-bond donors (Lipinski definition) is 2. The molecule has 106 valence electrons. The Labute approximate surface area is 115 Å². The Morgan fingerprint density at radius 3 is 2.85 bits per heavy atom. The molecule has 20 heavy (non-hydrogen) atoms. The molecule has 0 radical (unpaired) electrons. The molecular weight excluding hydrogens is 258 g/mol. The van der Waals surface area contributed by atoms with E-state index in [1.54, 1.807) is 30.5 Å². The molecule has 0 aliphatic rings. The number of H-pyrrole nitrogens is 1. The maximum absolute atomic E-state index is 11.6. The molecule has 0 atom stereocenters. The number of anilines is 1. The molecule has 0 fully saturated rings. The van der Waals surface area contributed by atoms with Gasteiger partial charge in [0.1, 0.15) is 12.4 Å². The van der Waals surface area contributed by atoms with Crippen molar-refractivity contribution in [1.82, 2.24) is 9.55 Å². The smallest absolute Gasteiger partial charge is 0.328 e. The summed E-state index contributed by atoms with van der Waals surface area (Å²) in [4.78, 5) is 25.4. The number of aromatic nitrogens is 2. The van der Waals surface area contributed by atoms with Gasteiger partial charge in [0.05, 0.1) is 6.54 Å². The number of hydrogen-bond acceptors (Lipinski definition) is 4. The lowest BCUT2D eigenvalue weighted by Gasteiger charge is -2.09. The van der Waals surface area contributed by atoms with Crippen LogP contribution in [0.5, 0.6) is 5.75 Å². The van der Waals surface area contributed by atoms with Gasteiger partial charge in [-0.2, -0.15) is 0 Å². The third-order valence-corrected chi connectivity index (χ3v) is 2.92. The van der Waals surface area contributed by atoms with E-state index in [0.717, 1.165) is 0 Å². The first kappa shape index (κ1) is 13.9. The second-order valence-electron chi connectivity index (χ2n) is 4.38. The van der Waals surface area contributed by atoms with Gasteiger partial charge in [-0.1, -0.05) is 13.0 Å². The number of nitrogen functional groups attached to an aromatic ring is 1. The van der Waals surface area contributed by atoms with Gasteiger partial charge in [0.15, 0.2) is 0 Å². The highest BCUT2D eigenvalue weighted by Gasteiger charge is 2.03. The minimum Gasteiger partial charge on any atom is -0.492 e. The van der Waals surface area contributed by atoms with Crippen molar-refractivity contribution in [3.05, 3.63) is 56.9 Å². The van der Waals surface area contributed by atoms with Gasteiger partial charge in [0, 0.05) is 23.5 Å². The molecule has 6 heteroatoms. The zero-order valence-corrected chi connectivity index (χ0v) is 11.3. The molecule has 0 aliphatic carbocycles. The largest absolute Gasteiger partial charge is 0.492 e. The van der Waals surface area contributed by atoms with Gasteiger partial charge in [-0.05, 0) is 18.6 Å². The monoisotopic (exact) mass is 275 g/mol. The van der Waals surface area contributed by atoms with Crippen LogP contribution in [0.25, 0.3) is 0 Å². The van der Waals surface area contributed by atoms with Crippen molar-refractivity contribution in [1.29, 1.82) is 0 Å². The molecule has 6 nitrogen and oxygen atoms in total. The maximum atomic E-state index is 11.6. The summed E-state index contributed by atoms with van der Waals surface area (Å²) in [6, 6.07) is 7.08. The molecule has 0 unspecified atom stereocenters. The van der Waals surface area contributed by atoms with Gasteiger partial charge in [-0.3, -0.25) is 14.3 Å². The lowest BCUT2D eigenvalue weighted by Crippen LogP contribution is -2.32. The van der Waals surface area contributed by atoms with E-state index in [9.17, 15) is 9.59 Å². The molecule has 0 saturated carbocycles. The van der Waals surface area contributed by atoms with E-state index in [1.807, 2.05) is 6.92 Å². The molecule has 1 aromatic carbocycles. The molecule has 0 spiro atoms. The molecule has 3 N–H and O–H groups in total. The van der Waals surface area contributed by atoms with Crippen molar-refractivity contribution in [2.24, 2.45) is 0 Å². The van der Waals surface area contributed by atoms with Crippen molar-refractivity contribution in [3.8, 4) is 5.75 Å². The van der Waals surface area contributed by atoms with Crippen molar-refractivity contribution in [2.45, 2.75) is 19.9 Å². The minimum absolute atomic E-state index is 0.318. The van der Waals surface area contributed by atoms with Crippen LogP contribution in [0.4, 0.5) is 5.69 Å². The lowest BCUT2D eigenvalue weighted by atomic mass is 10.3. The second kappa shape index (κ2) is 6.10. The molecule has 1 aromatic heterocycles. The standard InChI is InChI=1S/C14H17N3O3/c1-2-10-9-17(14(19)16-13(10)18)6-7-20-12-5-3-4-11(15)8-12/h3-5,8-9H,2,6-7,15H2,1H3,(H,16,18,19). The van der Waals surface area contributed by atoms with Crippen molar-refractivity contribution < 1.29 is 4.74 Å². The molecule has 2 aromatic rings. The predicted octanol–water partition coefficient (Wildman–Crippen LogP) is 0.760. The van der Waals surface area contributed by atoms with E-state index in [4.69, 9.17) is 10.5 Å². The van der Waals surface area contributed by atoms with E-state index in [1.165, 1.54) is 4.57 Å². The zero-order valence-electron chi connectivity index (χ0n) is 11.3. The van der Waals surface area contributed by atoms with Crippen LogP contribution in [0.3, 0.4) is 0 Å². The summed E-state index contributed by atoms with van der Waals surface area (Å²) in [7, 11) is 0. The highest BCUT2D eigenvalue weighted by atomic mass is 16.5. The van der Waals surface area contributed by atoms with Crippen LogP contribution in [0.2, 0.25) is 0 Å². The predicted molar refractivity (Wildman–Crippen MR) is 77.1 cm³/mol. The van der Waals surface area contributed by atoms with Crippen molar-refractivity contribution >= 4 is 5.69 Å². The van der Waals surface area contributed by atoms with Crippen LogP contribution in [-0.2, 0) is 13.0 Å². The number of benzene rings is 1. The third-order valence-electron chi connectivity index (χ3n) is 2.92. The molecular formula is C14H17N3O3. The molecule has 1 heterocycles. The fraction of sp³-hybridized carbons (Fsp3) is 0.286. The molecule has 0 bridgehead atoms. The lowest BCUT2D eigenvalue weighted by molar-refractivity contribution is 0.295. The quantitative estimate of drug-likeness (QED) is 0.788. The average molecular weight is 275 g/mol. The van der Waals surface area contributed by atoms with Gasteiger partial charge in [-0.25, -0.2) is 4.79 Å². The van der Waals surface area contributed by atoms with Crippen LogP contribution >= 0.6 is 0 Å². The number of aromatic amines is 1. The number of rotatable bonds is 5. The van der Waals surface area contributed by atoms with Crippen LogP contribution in [0.1, 0.15) is 12.5 Å². The van der Waals surface area contributed by atoms with E-state index in [0.29, 0.717) is 36.6 Å². The van der Waals surface area contributed by atoms with Crippen LogP contribution in [0.15, 0.2) is 40.1 Å². The molecule has 0 amide bonds. The van der Waals surface area contributed by atoms with Gasteiger partial charge in [0.2, 0.25) is 0 Å². The van der Waals surface area contributed by atoms with E-state index in [2.05, 4.69) is 4.98 Å². The first-order valence-corrected chi connectivity index (χ1v) is 6.41. The van der Waals surface area contributed by atoms with Crippen LogP contribution in [0, 0.1) is 0 Å². The Bertz CT molecular complexity index is 703. The number of ether oxygens (including phenoxy) is 1. The van der Waals surface area contributed by atoms with Gasteiger partial charge in [-0.15, -0.1) is 0 Å². The van der Waals surface area contributed by atoms with E-state index in [-0.39, 0.29) is 5.56 Å². The average Bonchev–Trinajstić information content (AvgIpc) is 2.41. The molecule has 2 rings (SSSR count). The first-order chi connectivity index (χ1) is 9.60. The van der Waals surface area contributed by atoms with Gasteiger partial charge in [0.25, 0.3) is 5.56 Å². The summed E-state index contributed by atoms with van der Waals surface area (Å²) in [5.74, 6) is 0.651. The summed E-state index contributed by atoms with van der Waals surface area (Å²) >= 11 is 0. The fourth-order valence-electron chi connectivity index (χ4n) is 1.84. The highest BCUT2D eigenvalue weighted by Crippen LogP contribution is 2.14. The van der Waals surface area contributed by atoms with Crippen molar-refractivity contribution in [2.75, 3.05) is 12.3 Å². The summed E-state index contributed by atoms with van der Waals surface area (Å²) in [5, 5.41) is 0. The Balaban J connectivity index is 2.04. The topological polar surface area (TPSA) is 90.1 Å². The van der Waals surface area contributed by atoms with Crippen LogP contribution < -0.4 is 21.7 Å². The Hall–Kier alpha value is -2.50. The fourth-order valence-corrected chi connectivity index (χ4v) is 1.84. The molecule has 0 aliphatic heterocycles. The first-order valence-electron chi connectivity index (χ1n) is 6.41. The van der Waals surface area contributed by atoms with Crippen molar-refractivity contribution in [3.63, 3.8) is 0 Å². The summed E-state index contributed by atoms with van der Waals surface area (Å²) in [6.45, 7) is 2.54. The van der Waals surface area contributed by atoms with E-state index < -0.39 is 5.69 Å². The summed E-state index contributed by atoms with van der Waals surface area (Å²) in [6.07, 6.45) is 2.15. The Morgan fingerprint density at radius 1 is 1.35 bits per heavy atom. The number of nitrogens with zero attached hydrogens (tertiary/aromatic N) is 1. The maximum Gasteiger partial charge on any atom is 0.328 e. The molecule has 0 saturated heterocycles. The van der Waals surface area contributed by atoms with Gasteiger partial charge >= 0.3 is 5.69 Å². The highest BCUT2D eigenvalue weighted by molar-refractivity contribution is 5.43. The summed E-state index contributed by atoms with van der Waals surface area (Å²) in [5.41, 5.74) is 6.09. The Morgan fingerprint density at radius 2 is 2.15 bits per heavy atom. The second-order valence-corrected chi connectivity index (χ2v) is 4.38. The normalized spacial score (nSPS) is 10.4. The van der Waals surface area contributed by atoms with Crippen LogP contribution in [-0.4, -0.2) is 16.2 Å². The number of nitrogens with two attached hydrogens (primary N) is 1. The zero-order chi connectivity index (χ0) is 14.5. The third kappa shape index (κ3) is 3.28. The number of aryl methyl sites for hydroxylation is 1. The SMILES string of the molecule is CCc1cn(CCOc2cccc(N)c2)c(=O)[nH]c1=O. The minimum atomic E-state index is -0.427. The van der Waals surface area contributed by atoms with Gasteiger partial charge < -0.3 is 10.5 Å². The Kier molecular flexibility index (Phi) is 4.24. The number of nitrogens with one attached hydrogen (secondary N) is 1.